The molecule has 2 aliphatic heterocycles. The molecule has 3 aliphatic rings. The number of nitrogens with zero attached hydrogens (tertiary/aromatic N) is 3. The zero-order valence-electron chi connectivity index (χ0n) is 17.3. The van der Waals surface area contributed by atoms with E-state index in [9.17, 15) is 10.1 Å². The molecule has 1 unspecified atom stereocenters. The molecule has 1 aromatic carbocycles. The maximum absolute atomic E-state index is 13.2. The molecular weight excluding hydrogens is 384 g/mol. The Morgan fingerprint density at radius 3 is 2.63 bits per heavy atom. The zero-order valence-corrected chi connectivity index (χ0v) is 17.3. The van der Waals surface area contributed by atoms with Gasteiger partial charge in [0.15, 0.2) is 5.78 Å². The van der Waals surface area contributed by atoms with Crippen molar-refractivity contribution in [1.29, 1.82) is 5.26 Å². The van der Waals surface area contributed by atoms with Crippen LogP contribution in [0.15, 0.2) is 40.9 Å². The van der Waals surface area contributed by atoms with Crippen LogP contribution in [-0.2, 0) is 9.53 Å². The molecule has 8 heteroatoms. The molecule has 0 saturated carbocycles. The first-order chi connectivity index (χ1) is 14.6. The molecule has 0 amide bonds. The quantitative estimate of drug-likeness (QED) is 0.805. The highest BCUT2D eigenvalue weighted by Crippen LogP contribution is 2.47. The number of hydrogen-bond donors (Lipinski definition) is 1. The summed E-state index contributed by atoms with van der Waals surface area (Å²) in [4.78, 5) is 13.2. The van der Waals surface area contributed by atoms with Gasteiger partial charge in [-0.25, -0.2) is 5.01 Å². The number of carbonyl (C=O) groups excluding carboxylic acids is 1. The number of allylic oxidation sites excluding steroid dienone is 3. The summed E-state index contributed by atoms with van der Waals surface area (Å²) in [6.07, 6.45) is 1.95. The maximum atomic E-state index is 13.2. The van der Waals surface area contributed by atoms with Gasteiger partial charge in [-0.1, -0.05) is 6.07 Å². The van der Waals surface area contributed by atoms with Crippen LogP contribution < -0.4 is 15.2 Å². The van der Waals surface area contributed by atoms with Crippen LogP contribution in [0.2, 0.25) is 0 Å². The van der Waals surface area contributed by atoms with Gasteiger partial charge in [0.1, 0.15) is 17.3 Å². The van der Waals surface area contributed by atoms with Gasteiger partial charge in [0.2, 0.25) is 0 Å². The number of methoxy groups -OCH3 is 2. The van der Waals surface area contributed by atoms with Crippen LogP contribution in [0.25, 0.3) is 0 Å². The largest absolute Gasteiger partial charge is 0.497 e. The van der Waals surface area contributed by atoms with Crippen molar-refractivity contribution in [2.24, 2.45) is 5.73 Å². The molecule has 8 nitrogen and oxygen atoms in total. The monoisotopic (exact) mass is 410 g/mol. The second kappa shape index (κ2) is 8.38. The molecule has 1 saturated heterocycles. The fourth-order valence-corrected chi connectivity index (χ4v) is 4.51. The summed E-state index contributed by atoms with van der Waals surface area (Å²) in [5, 5.41) is 14.1. The number of ether oxygens (including phenoxy) is 3. The summed E-state index contributed by atoms with van der Waals surface area (Å²) in [5.74, 6) is 1.07. The van der Waals surface area contributed by atoms with Crippen molar-refractivity contribution >= 4 is 5.78 Å². The van der Waals surface area contributed by atoms with E-state index >= 15 is 0 Å². The predicted octanol–water partition coefficient (Wildman–Crippen LogP) is 2.05. The molecule has 158 valence electrons. The van der Waals surface area contributed by atoms with Gasteiger partial charge in [-0.15, -0.1) is 0 Å². The number of Topliss-reactive ketones (excluding diaryl/α,β-unsaturated/α-hetero) is 1. The molecule has 2 N–H and O–H groups in total. The molecule has 30 heavy (non-hydrogen) atoms. The first kappa shape index (κ1) is 20.3. The van der Waals surface area contributed by atoms with Crippen molar-refractivity contribution in [2.45, 2.75) is 25.2 Å². The van der Waals surface area contributed by atoms with Crippen molar-refractivity contribution in [1.82, 2.24) is 10.0 Å². The van der Waals surface area contributed by atoms with Crippen LogP contribution in [0.4, 0.5) is 0 Å². The van der Waals surface area contributed by atoms with Gasteiger partial charge in [-0.05, 0) is 18.9 Å². The Balaban J connectivity index is 1.90. The van der Waals surface area contributed by atoms with E-state index in [2.05, 4.69) is 11.1 Å². The third kappa shape index (κ3) is 3.30. The van der Waals surface area contributed by atoms with E-state index in [0.29, 0.717) is 61.2 Å². The number of rotatable bonds is 4. The molecule has 1 aliphatic carbocycles. The van der Waals surface area contributed by atoms with Crippen LogP contribution in [0, 0.1) is 11.3 Å². The lowest BCUT2D eigenvalue weighted by Gasteiger charge is -2.45. The molecule has 4 rings (SSSR count). The first-order valence-corrected chi connectivity index (χ1v) is 10.1. The normalized spacial score (nSPS) is 22.6. The second-order valence-electron chi connectivity index (χ2n) is 7.47. The summed E-state index contributed by atoms with van der Waals surface area (Å²) < 4.78 is 16.4. The van der Waals surface area contributed by atoms with Gasteiger partial charge in [-0.3, -0.25) is 9.80 Å². The summed E-state index contributed by atoms with van der Waals surface area (Å²) in [6, 6.07) is 7.71. The number of benzene rings is 1. The lowest BCUT2D eigenvalue weighted by Crippen LogP contribution is -2.52. The van der Waals surface area contributed by atoms with Gasteiger partial charge < -0.3 is 19.9 Å². The van der Waals surface area contributed by atoms with Crippen LogP contribution >= 0.6 is 0 Å². The lowest BCUT2D eigenvalue weighted by atomic mass is 9.75. The average molecular weight is 410 g/mol. The summed E-state index contributed by atoms with van der Waals surface area (Å²) in [5.41, 5.74) is 9.20. The van der Waals surface area contributed by atoms with E-state index in [1.54, 1.807) is 20.3 Å². The van der Waals surface area contributed by atoms with E-state index in [1.165, 1.54) is 0 Å². The van der Waals surface area contributed by atoms with Crippen molar-refractivity contribution in [3.05, 3.63) is 46.4 Å². The smallest absolute Gasteiger partial charge is 0.161 e. The topological polar surface area (TPSA) is 101 Å². The van der Waals surface area contributed by atoms with Gasteiger partial charge in [0, 0.05) is 42.4 Å². The van der Waals surface area contributed by atoms with E-state index < -0.39 is 5.92 Å². The number of hydrazine groups is 1. The van der Waals surface area contributed by atoms with Crippen molar-refractivity contribution < 1.29 is 19.0 Å². The highest BCUT2D eigenvalue weighted by Gasteiger charge is 2.42. The minimum absolute atomic E-state index is 0.0534. The first-order valence-electron chi connectivity index (χ1n) is 10.1. The zero-order chi connectivity index (χ0) is 21.3. The Labute approximate surface area is 176 Å². The van der Waals surface area contributed by atoms with Gasteiger partial charge in [0.05, 0.1) is 45.0 Å². The van der Waals surface area contributed by atoms with Crippen LogP contribution in [0.5, 0.6) is 11.5 Å². The highest BCUT2D eigenvalue weighted by molar-refractivity contribution is 6.00. The average Bonchev–Trinajstić information content (AvgIpc) is 2.78. The molecule has 2 heterocycles. The Hall–Kier alpha value is -3.02. The molecular formula is C22H26N4O4. The molecule has 1 fully saturated rings. The van der Waals surface area contributed by atoms with E-state index in [1.807, 2.05) is 17.1 Å². The SMILES string of the molecule is COc1ccc(C2C(C#N)=C(N)N(N3CCOCC3)C3=C2C(=O)CCC3)c(OC)c1. The van der Waals surface area contributed by atoms with E-state index in [-0.39, 0.29) is 5.78 Å². The number of carbonyl (C=O) groups is 1. The highest BCUT2D eigenvalue weighted by atomic mass is 16.5. The van der Waals surface area contributed by atoms with E-state index in [0.717, 1.165) is 24.1 Å². The Morgan fingerprint density at radius 2 is 1.97 bits per heavy atom. The van der Waals surface area contributed by atoms with Crippen LogP contribution in [0.1, 0.15) is 30.7 Å². The molecule has 1 atom stereocenters. The van der Waals surface area contributed by atoms with Crippen molar-refractivity contribution in [3.8, 4) is 17.6 Å². The summed E-state index contributed by atoms with van der Waals surface area (Å²) >= 11 is 0. The molecule has 1 aromatic rings. The third-order valence-electron chi connectivity index (χ3n) is 5.91. The minimum Gasteiger partial charge on any atom is -0.497 e. The number of ketones is 1. The van der Waals surface area contributed by atoms with Crippen molar-refractivity contribution in [2.75, 3.05) is 40.5 Å². The van der Waals surface area contributed by atoms with Gasteiger partial charge >= 0.3 is 0 Å². The number of morpholine rings is 1. The predicted molar refractivity (Wildman–Crippen MR) is 109 cm³/mol. The maximum Gasteiger partial charge on any atom is 0.161 e. The Kier molecular flexibility index (Phi) is 5.66. The molecule has 0 aromatic heterocycles. The standard InChI is InChI=1S/C22H26N4O4/c1-28-14-6-7-15(19(12-14)29-2)20-16(13-23)22(24)26(25-8-10-30-11-9-25)17-4-3-5-18(27)21(17)20/h6-7,12,20H,3-5,8-11,24H2,1-2H3. The minimum atomic E-state index is -0.559. The fourth-order valence-electron chi connectivity index (χ4n) is 4.51. The Bertz CT molecular complexity index is 956. The fraction of sp³-hybridized carbons (Fsp3) is 0.455. The summed E-state index contributed by atoms with van der Waals surface area (Å²) in [6.45, 7) is 2.47. The second-order valence-corrected chi connectivity index (χ2v) is 7.47. The van der Waals surface area contributed by atoms with Gasteiger partial charge in [0.25, 0.3) is 0 Å². The van der Waals surface area contributed by atoms with Gasteiger partial charge in [-0.2, -0.15) is 5.26 Å². The number of nitrogens with two attached hydrogens (primary N) is 1. The Morgan fingerprint density at radius 1 is 1.20 bits per heavy atom. The number of nitriles is 1. The molecule has 0 spiro atoms. The van der Waals surface area contributed by atoms with Crippen LogP contribution in [0.3, 0.4) is 0 Å². The lowest BCUT2D eigenvalue weighted by molar-refractivity contribution is -0.117. The molecule has 0 bridgehead atoms. The molecule has 0 radical (unpaired) electrons. The van der Waals surface area contributed by atoms with E-state index in [4.69, 9.17) is 19.9 Å². The summed E-state index contributed by atoms with van der Waals surface area (Å²) in [7, 11) is 3.15. The number of hydrogen-bond acceptors (Lipinski definition) is 8. The van der Waals surface area contributed by atoms with Crippen LogP contribution in [-0.4, -0.2) is 56.3 Å². The third-order valence-corrected chi connectivity index (χ3v) is 5.91. The van der Waals surface area contributed by atoms with Crippen molar-refractivity contribution in [3.63, 3.8) is 0 Å².